The van der Waals surface area contributed by atoms with Gasteiger partial charge in [0.05, 0.1) is 13.2 Å². The lowest BCUT2D eigenvalue weighted by Gasteiger charge is -2.40. The Balaban J connectivity index is 2.94. The average Bonchev–Trinajstić information content (AvgIpc) is 2.51. The van der Waals surface area contributed by atoms with E-state index in [1.54, 1.807) is 0 Å². The molecule has 0 saturated carbocycles. The molecule has 1 aliphatic heterocycles. The van der Waals surface area contributed by atoms with Crippen molar-refractivity contribution in [2.24, 2.45) is 5.92 Å². The van der Waals surface area contributed by atoms with Gasteiger partial charge in [-0.3, -0.25) is 14.4 Å². The second-order valence-electron chi connectivity index (χ2n) is 5.51. The molecule has 1 heterocycles. The van der Waals surface area contributed by atoms with E-state index in [2.05, 4.69) is 31.9 Å². The molecule has 8 nitrogen and oxygen atoms in total. The maximum atomic E-state index is 11.5. The van der Waals surface area contributed by atoms with Crippen molar-refractivity contribution in [1.29, 1.82) is 0 Å². The number of hydrogen-bond donors (Lipinski definition) is 0. The number of rotatable bonds is 8. The summed E-state index contributed by atoms with van der Waals surface area (Å²) in [6.07, 6.45) is -3.91. The quantitative estimate of drug-likeness (QED) is 0.288. The van der Waals surface area contributed by atoms with Crippen LogP contribution in [0.2, 0.25) is 0 Å². The summed E-state index contributed by atoms with van der Waals surface area (Å²) in [7, 11) is 0. The normalized spacial score (nSPS) is 26.2. The third kappa shape index (κ3) is 7.59. The van der Waals surface area contributed by atoms with E-state index in [0.717, 1.165) is 0 Å². The van der Waals surface area contributed by atoms with Crippen molar-refractivity contribution in [1.82, 2.24) is 0 Å². The van der Waals surface area contributed by atoms with E-state index in [1.165, 1.54) is 20.8 Å². The van der Waals surface area contributed by atoms with Gasteiger partial charge in [0.25, 0.3) is 0 Å². The molecule has 0 aromatic carbocycles. The van der Waals surface area contributed by atoms with Gasteiger partial charge in [-0.05, 0) is 0 Å². The average molecular weight is 490 g/mol. The van der Waals surface area contributed by atoms with Crippen LogP contribution in [0.5, 0.6) is 0 Å². The van der Waals surface area contributed by atoms with Gasteiger partial charge in [-0.15, -0.1) is 0 Å². The molecule has 0 amide bonds. The molecule has 1 fully saturated rings. The van der Waals surface area contributed by atoms with Crippen LogP contribution in [0, 0.1) is 5.92 Å². The summed E-state index contributed by atoms with van der Waals surface area (Å²) in [5.41, 5.74) is 0. The molecule has 0 N–H and O–H groups in total. The van der Waals surface area contributed by atoms with Gasteiger partial charge in [0.2, 0.25) is 0 Å². The molecule has 0 aliphatic carbocycles. The first kappa shape index (κ1) is 22.3. The highest BCUT2D eigenvalue weighted by molar-refractivity contribution is 9.09. The molecule has 0 unspecified atom stereocenters. The maximum absolute atomic E-state index is 11.5. The molecule has 10 heteroatoms. The van der Waals surface area contributed by atoms with E-state index in [0.29, 0.717) is 17.3 Å². The Morgan fingerprint density at radius 3 is 1.96 bits per heavy atom. The highest BCUT2D eigenvalue weighted by atomic mass is 79.9. The zero-order chi connectivity index (χ0) is 19.0. The van der Waals surface area contributed by atoms with Crippen LogP contribution in [0.15, 0.2) is 0 Å². The predicted molar refractivity (Wildman–Crippen MR) is 93.4 cm³/mol. The van der Waals surface area contributed by atoms with Crippen LogP contribution in [0.25, 0.3) is 0 Å². The summed E-state index contributed by atoms with van der Waals surface area (Å²) in [5, 5.41) is 1.40. The summed E-state index contributed by atoms with van der Waals surface area (Å²) >= 11 is 6.75. The van der Waals surface area contributed by atoms with Crippen LogP contribution in [0.1, 0.15) is 20.8 Å². The van der Waals surface area contributed by atoms with Gasteiger partial charge < -0.3 is 23.7 Å². The number of esters is 3. The summed E-state index contributed by atoms with van der Waals surface area (Å²) in [5.74, 6) is -1.59. The Morgan fingerprint density at radius 1 is 0.960 bits per heavy atom. The zero-order valence-corrected chi connectivity index (χ0v) is 17.4. The molecule has 0 spiro atoms. The highest BCUT2D eigenvalue weighted by Gasteiger charge is 2.47. The summed E-state index contributed by atoms with van der Waals surface area (Å²) in [6, 6.07) is 0. The first-order valence-corrected chi connectivity index (χ1v) is 9.89. The van der Waals surface area contributed by atoms with E-state index >= 15 is 0 Å². The lowest BCUT2D eigenvalue weighted by atomic mass is 10.0. The third-order valence-electron chi connectivity index (χ3n) is 3.24. The fourth-order valence-corrected chi connectivity index (χ4v) is 3.66. The van der Waals surface area contributed by atoms with E-state index in [4.69, 9.17) is 23.7 Å². The molecule has 1 aliphatic rings. The van der Waals surface area contributed by atoms with Gasteiger partial charge >= 0.3 is 17.9 Å². The maximum Gasteiger partial charge on any atom is 0.303 e. The van der Waals surface area contributed by atoms with Crippen molar-refractivity contribution in [3.05, 3.63) is 0 Å². The van der Waals surface area contributed by atoms with Crippen LogP contribution in [-0.4, -0.2) is 66.4 Å². The Kier molecular flexibility index (Phi) is 9.91. The molecule has 25 heavy (non-hydrogen) atoms. The first-order valence-electron chi connectivity index (χ1n) is 7.65. The Labute approximate surface area is 163 Å². The second kappa shape index (κ2) is 11.1. The number of hydrogen-bond acceptors (Lipinski definition) is 8. The molecular formula is C15H22Br2O8. The molecule has 144 valence electrons. The number of carbonyl (C=O) groups is 3. The molecule has 0 radical (unpaired) electrons. The lowest BCUT2D eigenvalue weighted by Crippen LogP contribution is -2.58. The molecular weight excluding hydrogens is 468 g/mol. The molecule has 0 aromatic heterocycles. The Morgan fingerprint density at radius 2 is 1.48 bits per heavy atom. The van der Waals surface area contributed by atoms with Gasteiger partial charge in [-0.25, -0.2) is 0 Å². The SMILES string of the molecule is CC(=O)O[C@@H]1[C@@H](OC(C)=O)[C@@H](OCC(CBr)CBr)OC[C@H]1OC(C)=O. The van der Waals surface area contributed by atoms with E-state index in [9.17, 15) is 14.4 Å². The van der Waals surface area contributed by atoms with Crippen molar-refractivity contribution in [3.8, 4) is 0 Å². The Hall–Kier alpha value is -0.710. The number of halogens is 2. The highest BCUT2D eigenvalue weighted by Crippen LogP contribution is 2.26. The smallest absolute Gasteiger partial charge is 0.303 e. The molecule has 0 aromatic rings. The van der Waals surface area contributed by atoms with Crippen molar-refractivity contribution < 1.29 is 38.1 Å². The van der Waals surface area contributed by atoms with Crippen molar-refractivity contribution in [3.63, 3.8) is 0 Å². The topological polar surface area (TPSA) is 97.4 Å². The minimum absolute atomic E-state index is 0.0484. The van der Waals surface area contributed by atoms with Crippen LogP contribution in [0.3, 0.4) is 0 Å². The fourth-order valence-electron chi connectivity index (χ4n) is 2.21. The van der Waals surface area contributed by atoms with Gasteiger partial charge in [-0.1, -0.05) is 31.9 Å². The van der Waals surface area contributed by atoms with Crippen molar-refractivity contribution >= 4 is 49.8 Å². The minimum atomic E-state index is -1.05. The van der Waals surface area contributed by atoms with E-state index < -0.39 is 42.5 Å². The van der Waals surface area contributed by atoms with Crippen LogP contribution in [-0.2, 0) is 38.1 Å². The monoisotopic (exact) mass is 488 g/mol. The molecule has 1 saturated heterocycles. The standard InChI is InChI=1S/C15H22Br2O8/c1-8(18)23-12-7-22-15(21-6-11(4-16)5-17)14(25-10(3)20)13(12)24-9(2)19/h11-15H,4-7H2,1-3H3/t12-,13+,14-,15+/m1/s1. The predicted octanol–water partition coefficient (Wildman–Crippen LogP) is 1.56. The van der Waals surface area contributed by atoms with Gasteiger partial charge in [0, 0.05) is 37.3 Å². The Bertz CT molecular complexity index is 468. The van der Waals surface area contributed by atoms with Crippen molar-refractivity contribution in [2.45, 2.75) is 45.4 Å². The minimum Gasteiger partial charge on any atom is -0.456 e. The number of alkyl halides is 2. The van der Waals surface area contributed by atoms with Crippen LogP contribution >= 0.6 is 31.9 Å². The first-order chi connectivity index (χ1) is 11.8. The molecule has 0 bridgehead atoms. The van der Waals surface area contributed by atoms with Crippen molar-refractivity contribution in [2.75, 3.05) is 23.9 Å². The summed E-state index contributed by atoms with van der Waals surface area (Å²) in [4.78, 5) is 34.2. The summed E-state index contributed by atoms with van der Waals surface area (Å²) in [6.45, 7) is 3.94. The van der Waals surface area contributed by atoms with Gasteiger partial charge in [-0.2, -0.15) is 0 Å². The van der Waals surface area contributed by atoms with Crippen LogP contribution < -0.4 is 0 Å². The second-order valence-corrected chi connectivity index (χ2v) is 6.80. The zero-order valence-electron chi connectivity index (χ0n) is 14.2. The lowest BCUT2D eigenvalue weighted by molar-refractivity contribution is -0.282. The summed E-state index contributed by atoms with van der Waals surface area (Å²) < 4.78 is 26.9. The van der Waals surface area contributed by atoms with Gasteiger partial charge in [0.1, 0.15) is 0 Å². The fraction of sp³-hybridized carbons (Fsp3) is 0.800. The number of carbonyl (C=O) groups excluding carboxylic acids is 3. The van der Waals surface area contributed by atoms with E-state index in [-0.39, 0.29) is 12.5 Å². The van der Waals surface area contributed by atoms with E-state index in [1.807, 2.05) is 0 Å². The number of ether oxygens (including phenoxy) is 5. The molecule has 1 rings (SSSR count). The third-order valence-corrected chi connectivity index (χ3v) is 5.07. The van der Waals surface area contributed by atoms with Crippen LogP contribution in [0.4, 0.5) is 0 Å². The molecule has 4 atom stereocenters. The largest absolute Gasteiger partial charge is 0.456 e. The van der Waals surface area contributed by atoms with Gasteiger partial charge in [0.15, 0.2) is 24.6 Å².